The lowest BCUT2D eigenvalue weighted by Crippen LogP contribution is -2.14. The van der Waals surface area contributed by atoms with Crippen LogP contribution in [0.15, 0.2) is 57.7 Å². The van der Waals surface area contributed by atoms with Crippen molar-refractivity contribution in [3.05, 3.63) is 63.8 Å². The molecule has 0 N–H and O–H groups in total. The van der Waals surface area contributed by atoms with Gasteiger partial charge in [-0.15, -0.1) is 0 Å². The highest BCUT2D eigenvalue weighted by Gasteiger charge is 2.18. The van der Waals surface area contributed by atoms with E-state index in [0.29, 0.717) is 27.3 Å². The molecule has 0 saturated heterocycles. The Morgan fingerprint density at radius 3 is 2.61 bits per heavy atom. The molecule has 2 aromatic carbocycles. The van der Waals surface area contributed by atoms with E-state index in [4.69, 9.17) is 20.8 Å². The van der Waals surface area contributed by atoms with Crippen molar-refractivity contribution in [2.24, 2.45) is 0 Å². The maximum absolute atomic E-state index is 12.7. The molecule has 0 amide bonds. The van der Waals surface area contributed by atoms with Gasteiger partial charge < -0.3 is 9.15 Å². The van der Waals surface area contributed by atoms with Crippen molar-refractivity contribution in [3.63, 3.8) is 0 Å². The number of benzene rings is 2. The molecular weight excluding hydrogens is 316 g/mol. The largest absolute Gasteiger partial charge is 0.478 e. The van der Waals surface area contributed by atoms with Gasteiger partial charge in [-0.2, -0.15) is 0 Å². The van der Waals surface area contributed by atoms with E-state index in [9.17, 15) is 9.59 Å². The van der Waals surface area contributed by atoms with Crippen LogP contribution in [-0.4, -0.2) is 12.4 Å². The Balaban J connectivity index is 2.28. The van der Waals surface area contributed by atoms with Crippen LogP contribution in [0.25, 0.3) is 22.3 Å². The van der Waals surface area contributed by atoms with Crippen molar-refractivity contribution in [2.45, 2.75) is 6.92 Å². The van der Waals surface area contributed by atoms with Crippen LogP contribution >= 0.6 is 11.6 Å². The van der Waals surface area contributed by atoms with E-state index in [1.165, 1.54) is 13.0 Å². The Morgan fingerprint density at radius 2 is 1.91 bits per heavy atom. The van der Waals surface area contributed by atoms with Gasteiger partial charge in [0.1, 0.15) is 12.2 Å². The summed E-state index contributed by atoms with van der Waals surface area (Å²) < 4.78 is 11.3. The van der Waals surface area contributed by atoms with Gasteiger partial charge in [-0.05, 0) is 25.1 Å². The third kappa shape index (κ3) is 3.12. The predicted molar refractivity (Wildman–Crippen MR) is 89.1 cm³/mol. The molecule has 0 spiro atoms. The van der Waals surface area contributed by atoms with Crippen LogP contribution in [-0.2, 0) is 4.79 Å². The first-order valence-electron chi connectivity index (χ1n) is 7.00. The zero-order chi connectivity index (χ0) is 16.4. The van der Waals surface area contributed by atoms with Gasteiger partial charge in [0.2, 0.25) is 11.2 Å². The lowest BCUT2D eigenvalue weighted by Gasteiger charge is -2.10. The number of fused-ring (bicyclic) bond motifs is 1. The monoisotopic (exact) mass is 328 g/mol. The van der Waals surface area contributed by atoms with Gasteiger partial charge in [-0.3, -0.25) is 9.59 Å². The lowest BCUT2D eigenvalue weighted by atomic mass is 10.1. The highest BCUT2D eigenvalue weighted by atomic mass is 35.5. The van der Waals surface area contributed by atoms with Crippen LogP contribution in [0.1, 0.15) is 6.92 Å². The van der Waals surface area contributed by atoms with E-state index in [2.05, 4.69) is 0 Å². The third-order valence-electron chi connectivity index (χ3n) is 3.27. The number of carbonyl (C=O) groups is 1. The normalized spacial score (nSPS) is 10.7. The topological polar surface area (TPSA) is 56.5 Å². The fourth-order valence-corrected chi connectivity index (χ4v) is 2.41. The summed E-state index contributed by atoms with van der Waals surface area (Å²) in [6.07, 6.45) is 0. The Labute approximate surface area is 137 Å². The molecule has 0 unspecified atom stereocenters. The van der Waals surface area contributed by atoms with Gasteiger partial charge in [0.05, 0.1) is 5.39 Å². The minimum absolute atomic E-state index is 0.0150. The van der Waals surface area contributed by atoms with Crippen LogP contribution in [0, 0.1) is 0 Å². The summed E-state index contributed by atoms with van der Waals surface area (Å²) in [5.74, 6) is 0.127. The zero-order valence-corrected chi connectivity index (χ0v) is 13.1. The molecule has 1 heterocycles. The Morgan fingerprint density at radius 1 is 1.17 bits per heavy atom. The lowest BCUT2D eigenvalue weighted by molar-refractivity contribution is -0.118. The van der Waals surface area contributed by atoms with Crippen LogP contribution in [0.3, 0.4) is 0 Å². The van der Waals surface area contributed by atoms with Crippen LogP contribution in [0.2, 0.25) is 5.02 Å². The summed E-state index contributed by atoms with van der Waals surface area (Å²) >= 11 is 5.95. The van der Waals surface area contributed by atoms with Gasteiger partial charge >= 0.3 is 0 Å². The first kappa shape index (κ1) is 15.3. The van der Waals surface area contributed by atoms with E-state index < -0.39 is 0 Å². The number of halogens is 1. The standard InChI is InChI=1S/C18H13ClO4/c1-11(20)10-22-18-16(21)14-9-13(19)7-8-15(14)23-17(18)12-5-3-2-4-6-12/h2-9H,10H2,1H3. The molecular formula is C18H13ClO4. The molecule has 3 aromatic rings. The average molecular weight is 329 g/mol. The van der Waals surface area contributed by atoms with E-state index >= 15 is 0 Å². The maximum atomic E-state index is 12.7. The van der Waals surface area contributed by atoms with E-state index in [-0.39, 0.29) is 23.6 Å². The summed E-state index contributed by atoms with van der Waals surface area (Å²) in [5.41, 5.74) is 0.752. The fraction of sp³-hybridized carbons (Fsp3) is 0.111. The highest BCUT2D eigenvalue weighted by Crippen LogP contribution is 2.31. The highest BCUT2D eigenvalue weighted by molar-refractivity contribution is 6.31. The second-order valence-electron chi connectivity index (χ2n) is 5.09. The fourth-order valence-electron chi connectivity index (χ4n) is 2.23. The average Bonchev–Trinajstić information content (AvgIpc) is 2.55. The molecule has 0 aliphatic carbocycles. The number of ketones is 1. The molecule has 1 aromatic heterocycles. The van der Waals surface area contributed by atoms with Crippen LogP contribution < -0.4 is 10.2 Å². The molecule has 116 valence electrons. The predicted octanol–water partition coefficient (Wildman–Crippen LogP) is 4.08. The van der Waals surface area contributed by atoms with Gasteiger partial charge in [-0.1, -0.05) is 41.9 Å². The molecule has 0 aliphatic rings. The molecule has 0 bridgehead atoms. The molecule has 0 aliphatic heterocycles. The van der Waals surface area contributed by atoms with E-state index in [1.54, 1.807) is 24.3 Å². The van der Waals surface area contributed by atoms with Gasteiger partial charge in [-0.25, -0.2) is 0 Å². The smallest absolute Gasteiger partial charge is 0.235 e. The molecule has 0 saturated carbocycles. The van der Waals surface area contributed by atoms with Crippen molar-refractivity contribution in [3.8, 4) is 17.1 Å². The van der Waals surface area contributed by atoms with Gasteiger partial charge in [0.25, 0.3) is 0 Å². The molecule has 0 atom stereocenters. The maximum Gasteiger partial charge on any atom is 0.235 e. The third-order valence-corrected chi connectivity index (χ3v) is 3.50. The number of ether oxygens (including phenoxy) is 1. The minimum atomic E-state index is -0.353. The molecule has 0 fully saturated rings. The molecule has 0 radical (unpaired) electrons. The Hall–Kier alpha value is -2.59. The van der Waals surface area contributed by atoms with Crippen molar-refractivity contribution in [1.82, 2.24) is 0 Å². The molecule has 5 heteroatoms. The second kappa shape index (κ2) is 6.26. The molecule has 3 rings (SSSR count). The SMILES string of the molecule is CC(=O)COc1c(-c2ccccc2)oc2ccc(Cl)cc2c1=O. The van der Waals surface area contributed by atoms with Gasteiger partial charge in [0.15, 0.2) is 11.5 Å². The summed E-state index contributed by atoms with van der Waals surface area (Å²) in [6, 6.07) is 13.9. The van der Waals surface area contributed by atoms with Crippen molar-refractivity contribution in [2.75, 3.05) is 6.61 Å². The number of hydrogen-bond donors (Lipinski definition) is 0. The van der Waals surface area contributed by atoms with Crippen LogP contribution in [0.5, 0.6) is 5.75 Å². The summed E-state index contributed by atoms with van der Waals surface area (Å²) in [5, 5.41) is 0.741. The number of hydrogen-bond acceptors (Lipinski definition) is 4. The second-order valence-corrected chi connectivity index (χ2v) is 5.52. The summed E-state index contributed by atoms with van der Waals surface area (Å²) in [7, 11) is 0. The van der Waals surface area contributed by atoms with E-state index in [1.807, 2.05) is 18.2 Å². The number of carbonyl (C=O) groups excluding carboxylic acids is 1. The zero-order valence-electron chi connectivity index (χ0n) is 12.3. The Kier molecular flexibility index (Phi) is 4.17. The summed E-state index contributed by atoms with van der Waals surface area (Å²) in [6.45, 7) is 1.19. The number of Topliss-reactive ketones (excluding diaryl/α,β-unsaturated/α-hetero) is 1. The van der Waals surface area contributed by atoms with Gasteiger partial charge in [0, 0.05) is 10.6 Å². The molecule has 4 nitrogen and oxygen atoms in total. The van der Waals surface area contributed by atoms with Crippen molar-refractivity contribution < 1.29 is 13.9 Å². The first-order valence-corrected chi connectivity index (χ1v) is 7.38. The van der Waals surface area contributed by atoms with E-state index in [0.717, 1.165) is 0 Å². The van der Waals surface area contributed by atoms with Crippen molar-refractivity contribution in [1.29, 1.82) is 0 Å². The van der Waals surface area contributed by atoms with Crippen molar-refractivity contribution >= 4 is 28.4 Å². The van der Waals surface area contributed by atoms with Crippen LogP contribution in [0.4, 0.5) is 0 Å². The number of rotatable bonds is 4. The Bertz CT molecular complexity index is 929. The summed E-state index contributed by atoms with van der Waals surface area (Å²) in [4.78, 5) is 23.9. The quantitative estimate of drug-likeness (QED) is 0.724. The first-order chi connectivity index (χ1) is 11.1. The molecule has 23 heavy (non-hydrogen) atoms. The minimum Gasteiger partial charge on any atom is -0.478 e.